The second-order valence-electron chi connectivity index (χ2n) is 5.37. The molecule has 1 unspecified atom stereocenters. The number of rotatable bonds is 6. The third kappa shape index (κ3) is 3.83. The van der Waals surface area contributed by atoms with Crippen LogP contribution in [0.4, 0.5) is 0 Å². The lowest BCUT2D eigenvalue weighted by atomic mass is 10.0. The Morgan fingerprint density at radius 1 is 1.35 bits per heavy atom. The molecule has 0 aromatic heterocycles. The topological polar surface area (TPSA) is 23.5 Å². The van der Waals surface area contributed by atoms with Gasteiger partial charge in [0, 0.05) is 13.1 Å². The molecule has 0 saturated heterocycles. The zero-order valence-corrected chi connectivity index (χ0v) is 10.9. The van der Waals surface area contributed by atoms with Crippen LogP contribution in [0.3, 0.4) is 0 Å². The molecule has 1 aliphatic rings. The molecule has 0 amide bonds. The minimum atomic E-state index is -0.321. The fourth-order valence-electron chi connectivity index (χ4n) is 2.29. The van der Waals surface area contributed by atoms with Crippen molar-refractivity contribution in [3.05, 3.63) is 35.4 Å². The highest BCUT2D eigenvalue weighted by atomic mass is 16.3. The standard InChI is InChI=1S/C15H23NO/c1-12-5-3-4-6-14(12)15(17)9-10-16(2)11-13-7-8-13/h3-6,13,15,17H,7-11H2,1-2H3. The molecule has 0 radical (unpaired) electrons. The number of hydrogen-bond donors (Lipinski definition) is 1. The van der Waals surface area contributed by atoms with E-state index in [1.165, 1.54) is 24.9 Å². The van der Waals surface area contributed by atoms with Crippen LogP contribution in [0.2, 0.25) is 0 Å². The Morgan fingerprint density at radius 3 is 2.71 bits per heavy atom. The van der Waals surface area contributed by atoms with Crippen LogP contribution in [0.5, 0.6) is 0 Å². The maximum absolute atomic E-state index is 10.2. The van der Waals surface area contributed by atoms with Crippen molar-refractivity contribution in [2.24, 2.45) is 5.92 Å². The molecule has 1 fully saturated rings. The highest BCUT2D eigenvalue weighted by Crippen LogP contribution is 2.29. The number of nitrogens with zero attached hydrogens (tertiary/aromatic N) is 1. The summed E-state index contributed by atoms with van der Waals surface area (Å²) in [7, 11) is 2.16. The lowest BCUT2D eigenvalue weighted by Crippen LogP contribution is -2.23. The first-order valence-electron chi connectivity index (χ1n) is 6.59. The maximum atomic E-state index is 10.2. The summed E-state index contributed by atoms with van der Waals surface area (Å²) >= 11 is 0. The highest BCUT2D eigenvalue weighted by Gasteiger charge is 2.22. The molecule has 1 N–H and O–H groups in total. The van der Waals surface area contributed by atoms with Crippen LogP contribution in [0, 0.1) is 12.8 Å². The molecule has 0 bridgehead atoms. The van der Waals surface area contributed by atoms with Crippen molar-refractivity contribution in [1.82, 2.24) is 4.90 Å². The van der Waals surface area contributed by atoms with Crippen molar-refractivity contribution in [2.45, 2.75) is 32.3 Å². The van der Waals surface area contributed by atoms with Crippen LogP contribution >= 0.6 is 0 Å². The summed E-state index contributed by atoms with van der Waals surface area (Å²) in [5, 5.41) is 10.2. The lowest BCUT2D eigenvalue weighted by Gasteiger charge is -2.19. The Kier molecular flexibility index (Phi) is 4.19. The Bertz CT molecular complexity index is 360. The van der Waals surface area contributed by atoms with Gasteiger partial charge in [0.2, 0.25) is 0 Å². The van der Waals surface area contributed by atoms with Gasteiger partial charge in [-0.2, -0.15) is 0 Å². The quantitative estimate of drug-likeness (QED) is 0.816. The van der Waals surface area contributed by atoms with Gasteiger partial charge in [-0.1, -0.05) is 24.3 Å². The van der Waals surface area contributed by atoms with Crippen molar-refractivity contribution in [3.63, 3.8) is 0 Å². The molecule has 1 aromatic carbocycles. The van der Waals surface area contributed by atoms with E-state index in [2.05, 4.69) is 24.9 Å². The van der Waals surface area contributed by atoms with Gasteiger partial charge in [-0.05, 0) is 50.3 Å². The monoisotopic (exact) mass is 233 g/mol. The van der Waals surface area contributed by atoms with E-state index in [9.17, 15) is 5.11 Å². The molecule has 0 spiro atoms. The number of benzene rings is 1. The summed E-state index contributed by atoms with van der Waals surface area (Å²) in [6, 6.07) is 8.11. The molecule has 1 atom stereocenters. The fourth-order valence-corrected chi connectivity index (χ4v) is 2.29. The van der Waals surface area contributed by atoms with E-state index in [0.717, 1.165) is 24.4 Å². The molecule has 0 aliphatic heterocycles. The van der Waals surface area contributed by atoms with Crippen LogP contribution in [-0.2, 0) is 0 Å². The van der Waals surface area contributed by atoms with Gasteiger partial charge in [-0.15, -0.1) is 0 Å². The van der Waals surface area contributed by atoms with E-state index in [1.54, 1.807) is 0 Å². The second-order valence-corrected chi connectivity index (χ2v) is 5.37. The van der Waals surface area contributed by atoms with E-state index in [0.29, 0.717) is 0 Å². The number of aryl methyl sites for hydroxylation is 1. The van der Waals surface area contributed by atoms with Gasteiger partial charge < -0.3 is 10.0 Å². The minimum Gasteiger partial charge on any atom is -0.388 e. The number of hydrogen-bond acceptors (Lipinski definition) is 2. The van der Waals surface area contributed by atoms with Crippen LogP contribution in [0.25, 0.3) is 0 Å². The summed E-state index contributed by atoms with van der Waals surface area (Å²) in [4.78, 5) is 2.35. The van der Waals surface area contributed by atoms with Gasteiger partial charge in [0.05, 0.1) is 6.10 Å². The average Bonchev–Trinajstić information content (AvgIpc) is 3.10. The number of aliphatic hydroxyl groups is 1. The Morgan fingerprint density at radius 2 is 2.06 bits per heavy atom. The van der Waals surface area contributed by atoms with E-state index < -0.39 is 0 Å². The van der Waals surface area contributed by atoms with E-state index >= 15 is 0 Å². The van der Waals surface area contributed by atoms with E-state index in [-0.39, 0.29) is 6.10 Å². The van der Waals surface area contributed by atoms with Crippen molar-refractivity contribution in [3.8, 4) is 0 Å². The predicted octanol–water partition coefficient (Wildman–Crippen LogP) is 2.76. The third-order valence-electron chi connectivity index (χ3n) is 3.60. The minimum absolute atomic E-state index is 0.321. The first-order chi connectivity index (χ1) is 8.16. The normalized spacial score (nSPS) is 17.4. The SMILES string of the molecule is Cc1ccccc1C(O)CCN(C)CC1CC1. The smallest absolute Gasteiger partial charge is 0.0804 e. The molecule has 2 heteroatoms. The van der Waals surface area contributed by atoms with E-state index in [1.807, 2.05) is 18.2 Å². The average molecular weight is 233 g/mol. The first-order valence-corrected chi connectivity index (χ1v) is 6.59. The predicted molar refractivity (Wildman–Crippen MR) is 71.0 cm³/mol. The van der Waals surface area contributed by atoms with Gasteiger partial charge in [0.1, 0.15) is 0 Å². The van der Waals surface area contributed by atoms with Crippen LogP contribution in [0.1, 0.15) is 36.5 Å². The van der Waals surface area contributed by atoms with Crippen molar-refractivity contribution in [1.29, 1.82) is 0 Å². The van der Waals surface area contributed by atoms with Crippen LogP contribution in [-0.4, -0.2) is 30.1 Å². The molecular weight excluding hydrogens is 210 g/mol. The van der Waals surface area contributed by atoms with Crippen LogP contribution in [0.15, 0.2) is 24.3 Å². The maximum Gasteiger partial charge on any atom is 0.0804 e. The molecule has 2 rings (SSSR count). The van der Waals surface area contributed by atoms with Gasteiger partial charge in [0.15, 0.2) is 0 Å². The zero-order chi connectivity index (χ0) is 12.3. The van der Waals surface area contributed by atoms with E-state index in [4.69, 9.17) is 0 Å². The van der Waals surface area contributed by atoms with Gasteiger partial charge in [-0.3, -0.25) is 0 Å². The highest BCUT2D eigenvalue weighted by molar-refractivity contribution is 5.27. The van der Waals surface area contributed by atoms with Crippen LogP contribution < -0.4 is 0 Å². The first kappa shape index (κ1) is 12.6. The van der Waals surface area contributed by atoms with Crippen molar-refractivity contribution < 1.29 is 5.11 Å². The van der Waals surface area contributed by atoms with Gasteiger partial charge >= 0.3 is 0 Å². The summed E-state index contributed by atoms with van der Waals surface area (Å²) in [5.74, 6) is 0.926. The fraction of sp³-hybridized carbons (Fsp3) is 0.600. The Hall–Kier alpha value is -0.860. The summed E-state index contributed by atoms with van der Waals surface area (Å²) in [5.41, 5.74) is 2.26. The van der Waals surface area contributed by atoms with Crippen molar-refractivity contribution >= 4 is 0 Å². The third-order valence-corrected chi connectivity index (χ3v) is 3.60. The largest absolute Gasteiger partial charge is 0.388 e. The Balaban J connectivity index is 1.80. The molecule has 0 heterocycles. The summed E-state index contributed by atoms with van der Waals surface area (Å²) in [6.45, 7) is 4.24. The molecule has 2 nitrogen and oxygen atoms in total. The van der Waals surface area contributed by atoms with Gasteiger partial charge in [-0.25, -0.2) is 0 Å². The molecule has 17 heavy (non-hydrogen) atoms. The summed E-state index contributed by atoms with van der Waals surface area (Å²) < 4.78 is 0. The second kappa shape index (κ2) is 5.65. The lowest BCUT2D eigenvalue weighted by molar-refractivity contribution is 0.147. The molecule has 94 valence electrons. The molecule has 1 aliphatic carbocycles. The molecule has 1 aromatic rings. The zero-order valence-electron chi connectivity index (χ0n) is 10.9. The summed E-state index contributed by atoms with van der Waals surface area (Å²) in [6.07, 6.45) is 3.29. The van der Waals surface area contributed by atoms with Gasteiger partial charge in [0.25, 0.3) is 0 Å². The molecule has 1 saturated carbocycles. The molecular formula is C15H23NO. The van der Waals surface area contributed by atoms with Crippen molar-refractivity contribution in [2.75, 3.05) is 20.1 Å². The number of aliphatic hydroxyl groups excluding tert-OH is 1. The Labute approximate surface area is 104 Å².